The molecule has 0 saturated carbocycles. The van der Waals surface area contributed by atoms with Crippen LogP contribution in [-0.4, -0.2) is 51.9 Å². The number of ether oxygens (including phenoxy) is 3. The van der Waals surface area contributed by atoms with Gasteiger partial charge in [0.05, 0.1) is 21.3 Å². The summed E-state index contributed by atoms with van der Waals surface area (Å²) >= 11 is 6.10. The smallest absolute Gasteiger partial charge is 0.164 e. The average Bonchev–Trinajstić information content (AvgIpc) is 3.29. The van der Waals surface area contributed by atoms with Crippen LogP contribution in [0.5, 0.6) is 17.2 Å². The highest BCUT2D eigenvalue weighted by Gasteiger charge is 2.36. The van der Waals surface area contributed by atoms with E-state index in [-0.39, 0.29) is 0 Å². The molecule has 0 bridgehead atoms. The molecule has 168 valence electrons. The van der Waals surface area contributed by atoms with Gasteiger partial charge in [-0.15, -0.1) is 0 Å². The van der Waals surface area contributed by atoms with Gasteiger partial charge in [-0.1, -0.05) is 23.7 Å². The quantitative estimate of drug-likeness (QED) is 0.675. The van der Waals surface area contributed by atoms with Gasteiger partial charge in [-0.2, -0.15) is 0 Å². The van der Waals surface area contributed by atoms with Gasteiger partial charge in [0, 0.05) is 48.2 Å². The summed E-state index contributed by atoms with van der Waals surface area (Å²) in [7, 11) is 5.02. The van der Waals surface area contributed by atoms with Crippen LogP contribution in [0.25, 0.3) is 0 Å². The first-order valence-corrected chi connectivity index (χ1v) is 11.3. The summed E-state index contributed by atoms with van der Waals surface area (Å²) in [6, 6.07) is 12.6. The van der Waals surface area contributed by atoms with Gasteiger partial charge in [-0.25, -0.2) is 0 Å². The zero-order valence-electron chi connectivity index (χ0n) is 18.5. The Morgan fingerprint density at radius 3 is 2.42 bits per heavy atom. The van der Waals surface area contributed by atoms with E-state index in [0.29, 0.717) is 23.6 Å². The fraction of sp³-hybridized carbons (Fsp3) is 0.500. The van der Waals surface area contributed by atoms with E-state index in [1.165, 1.54) is 18.4 Å². The van der Waals surface area contributed by atoms with Crippen molar-refractivity contribution in [3.8, 4) is 17.2 Å². The number of piperidine rings is 1. The minimum Gasteiger partial charge on any atom is -0.496 e. The Morgan fingerprint density at radius 2 is 1.71 bits per heavy atom. The van der Waals surface area contributed by atoms with Crippen LogP contribution in [-0.2, 0) is 6.54 Å². The van der Waals surface area contributed by atoms with E-state index in [9.17, 15) is 0 Å². The highest BCUT2D eigenvalue weighted by molar-refractivity contribution is 6.30. The maximum absolute atomic E-state index is 6.10. The van der Waals surface area contributed by atoms with Crippen LogP contribution in [0.15, 0.2) is 36.4 Å². The van der Waals surface area contributed by atoms with Crippen molar-refractivity contribution in [3.05, 3.63) is 52.5 Å². The molecule has 3 atom stereocenters. The Hall–Kier alpha value is -1.99. The molecule has 2 aromatic rings. The number of halogens is 1. The largest absolute Gasteiger partial charge is 0.496 e. The summed E-state index contributed by atoms with van der Waals surface area (Å²) in [5.74, 6) is 3.26. The number of rotatable bonds is 7. The van der Waals surface area contributed by atoms with Gasteiger partial charge in [0.2, 0.25) is 0 Å². The van der Waals surface area contributed by atoms with Crippen molar-refractivity contribution in [2.24, 2.45) is 5.92 Å². The van der Waals surface area contributed by atoms with Crippen molar-refractivity contribution >= 4 is 11.6 Å². The molecule has 0 aromatic heterocycles. The molecule has 31 heavy (non-hydrogen) atoms. The molecule has 0 aliphatic carbocycles. The molecule has 2 aromatic carbocycles. The lowest BCUT2D eigenvalue weighted by Crippen LogP contribution is -2.46. The highest BCUT2D eigenvalue weighted by Crippen LogP contribution is 2.37. The monoisotopic (exact) mass is 445 g/mol. The minimum absolute atomic E-state index is 0.399. The zero-order valence-corrected chi connectivity index (χ0v) is 19.2. The molecule has 2 heterocycles. The fourth-order valence-electron chi connectivity index (χ4n) is 4.98. The van der Waals surface area contributed by atoms with Crippen molar-refractivity contribution in [1.29, 1.82) is 0 Å². The third-order valence-electron chi connectivity index (χ3n) is 6.55. The molecule has 3 unspecified atom stereocenters. The lowest BCUT2D eigenvalue weighted by molar-refractivity contribution is 0.138. The maximum atomic E-state index is 6.10. The summed E-state index contributed by atoms with van der Waals surface area (Å²) < 4.78 is 16.6. The number of nitrogens with zero attached hydrogens (tertiary/aromatic N) is 1. The number of nitrogens with one attached hydrogen (secondary N) is 2. The third kappa shape index (κ3) is 4.93. The van der Waals surface area contributed by atoms with Crippen LogP contribution in [0, 0.1) is 5.92 Å². The van der Waals surface area contributed by atoms with Crippen LogP contribution < -0.4 is 25.1 Å². The Kier molecular flexibility index (Phi) is 7.23. The number of methoxy groups -OCH3 is 3. The molecule has 0 spiro atoms. The summed E-state index contributed by atoms with van der Waals surface area (Å²) in [6.07, 6.45) is 2.41. The zero-order chi connectivity index (χ0) is 21.8. The van der Waals surface area contributed by atoms with Gasteiger partial charge < -0.3 is 14.2 Å². The number of hydrogen-bond donors (Lipinski definition) is 2. The van der Waals surface area contributed by atoms with Crippen LogP contribution >= 0.6 is 11.6 Å². The van der Waals surface area contributed by atoms with Crippen LogP contribution in [0.1, 0.15) is 29.9 Å². The number of likely N-dealkylation sites (tertiary alicyclic amines) is 1. The van der Waals surface area contributed by atoms with Crippen LogP contribution in [0.4, 0.5) is 0 Å². The number of hydrogen-bond acceptors (Lipinski definition) is 6. The molecule has 4 rings (SSSR count). The SMILES string of the molecule is COc1cc(OC)c(OC)cc1CN1CCCC(C2NNCC2c2ccc(Cl)cc2)C1. The predicted molar refractivity (Wildman–Crippen MR) is 123 cm³/mol. The first kappa shape index (κ1) is 22.2. The van der Waals surface area contributed by atoms with Gasteiger partial charge in [-0.05, 0) is 49.1 Å². The summed E-state index contributed by atoms with van der Waals surface area (Å²) in [5.41, 5.74) is 9.41. The van der Waals surface area contributed by atoms with E-state index >= 15 is 0 Å². The maximum Gasteiger partial charge on any atom is 0.164 e. The van der Waals surface area contributed by atoms with Crippen LogP contribution in [0.2, 0.25) is 5.02 Å². The summed E-state index contributed by atoms with van der Waals surface area (Å²) in [4.78, 5) is 2.52. The molecule has 6 nitrogen and oxygen atoms in total. The van der Waals surface area contributed by atoms with Crippen molar-refractivity contribution in [1.82, 2.24) is 15.8 Å². The molecule has 2 fully saturated rings. The number of benzene rings is 2. The number of hydrazine groups is 1. The standard InChI is InChI=1S/C24H32ClN3O3/c1-29-21-12-23(31-3)22(30-2)11-18(21)15-28-10-4-5-17(14-28)24-20(13-26-27-24)16-6-8-19(25)9-7-16/h6-9,11-12,17,20,24,26-27H,4-5,10,13-15H2,1-3H3. The van der Waals surface area contributed by atoms with E-state index in [1.54, 1.807) is 21.3 Å². The fourth-order valence-corrected chi connectivity index (χ4v) is 5.11. The predicted octanol–water partition coefficient (Wildman–Crippen LogP) is 3.84. The van der Waals surface area contributed by atoms with Gasteiger partial charge in [-0.3, -0.25) is 15.8 Å². The molecule has 2 aliphatic heterocycles. The molecule has 2 N–H and O–H groups in total. The Morgan fingerprint density at radius 1 is 1.00 bits per heavy atom. The molecule has 2 aliphatic rings. The second-order valence-electron chi connectivity index (χ2n) is 8.37. The normalized spacial score (nSPS) is 24.2. The van der Waals surface area contributed by atoms with Crippen molar-refractivity contribution in [2.45, 2.75) is 31.3 Å². The second kappa shape index (κ2) is 10.1. The summed E-state index contributed by atoms with van der Waals surface area (Å²) in [6.45, 7) is 3.89. The van der Waals surface area contributed by atoms with Crippen LogP contribution in [0.3, 0.4) is 0 Å². The van der Waals surface area contributed by atoms with Gasteiger partial charge in [0.15, 0.2) is 11.5 Å². The molecular weight excluding hydrogens is 414 g/mol. The summed E-state index contributed by atoms with van der Waals surface area (Å²) in [5, 5.41) is 0.784. The topological polar surface area (TPSA) is 55.0 Å². The van der Waals surface area contributed by atoms with Gasteiger partial charge >= 0.3 is 0 Å². The van der Waals surface area contributed by atoms with E-state index in [0.717, 1.165) is 48.3 Å². The van der Waals surface area contributed by atoms with Crippen molar-refractivity contribution < 1.29 is 14.2 Å². The Labute approximate surface area is 189 Å². The first-order valence-electron chi connectivity index (χ1n) is 10.9. The van der Waals surface area contributed by atoms with Gasteiger partial charge in [0.1, 0.15) is 5.75 Å². The Balaban J connectivity index is 1.48. The molecule has 0 amide bonds. The lowest BCUT2D eigenvalue weighted by atomic mass is 9.81. The molecular formula is C24H32ClN3O3. The van der Waals surface area contributed by atoms with Crippen molar-refractivity contribution in [2.75, 3.05) is 41.0 Å². The van der Waals surface area contributed by atoms with Gasteiger partial charge in [0.25, 0.3) is 0 Å². The third-order valence-corrected chi connectivity index (χ3v) is 6.80. The molecule has 0 radical (unpaired) electrons. The highest BCUT2D eigenvalue weighted by atomic mass is 35.5. The first-order chi connectivity index (χ1) is 15.1. The second-order valence-corrected chi connectivity index (χ2v) is 8.80. The minimum atomic E-state index is 0.399. The average molecular weight is 446 g/mol. The van der Waals surface area contributed by atoms with Crippen molar-refractivity contribution in [3.63, 3.8) is 0 Å². The van der Waals surface area contributed by atoms with E-state index in [4.69, 9.17) is 25.8 Å². The van der Waals surface area contributed by atoms with E-state index < -0.39 is 0 Å². The molecule has 2 saturated heterocycles. The van der Waals surface area contributed by atoms with E-state index in [1.807, 2.05) is 24.3 Å². The lowest BCUT2D eigenvalue weighted by Gasteiger charge is -2.37. The Bertz CT molecular complexity index is 877. The van der Waals surface area contributed by atoms with E-state index in [2.05, 4.69) is 27.9 Å². The molecule has 7 heteroatoms.